The minimum absolute atomic E-state index is 0.101. The molecule has 2 aromatic carbocycles. The lowest BCUT2D eigenvalue weighted by atomic mass is 10.1. The first kappa shape index (κ1) is 18.2. The molecule has 5 nitrogen and oxygen atoms in total. The fourth-order valence-electron chi connectivity index (χ4n) is 2.29. The predicted molar refractivity (Wildman–Crippen MR) is 103 cm³/mol. The van der Waals surface area contributed by atoms with Gasteiger partial charge in [-0.25, -0.2) is 4.98 Å². The molecule has 134 valence electrons. The van der Waals surface area contributed by atoms with E-state index in [-0.39, 0.29) is 12.5 Å². The second-order valence-electron chi connectivity index (χ2n) is 5.45. The van der Waals surface area contributed by atoms with Gasteiger partial charge in [-0.2, -0.15) is 0 Å². The van der Waals surface area contributed by atoms with Crippen molar-refractivity contribution in [3.05, 3.63) is 70.2 Å². The number of rotatable bonds is 7. The lowest BCUT2D eigenvalue weighted by Gasteiger charge is -2.07. The summed E-state index contributed by atoms with van der Waals surface area (Å²) in [4.78, 5) is 17.3. The second-order valence-corrected chi connectivity index (χ2v) is 7.01. The van der Waals surface area contributed by atoms with Gasteiger partial charge in [-0.3, -0.25) is 10.1 Å². The number of halogens is 1. The number of carbonyl (C=O) groups excluding carboxylic acids is 1. The molecule has 26 heavy (non-hydrogen) atoms. The molecule has 1 amide bonds. The first-order valence-corrected chi connectivity index (χ1v) is 9.07. The molecule has 0 atom stereocenters. The molecule has 0 fully saturated rings. The summed E-state index contributed by atoms with van der Waals surface area (Å²) in [6, 6.07) is 14.8. The zero-order chi connectivity index (χ0) is 18.4. The van der Waals surface area contributed by atoms with Crippen LogP contribution in [-0.2, 0) is 11.2 Å². The van der Waals surface area contributed by atoms with Crippen molar-refractivity contribution in [1.29, 1.82) is 0 Å². The Kier molecular flexibility index (Phi) is 6.09. The molecule has 3 aromatic rings. The SMILES string of the molecule is COc1cccc(OCC(=O)Nc2ncc(Cc3cccc(Cl)c3)s2)c1. The largest absolute Gasteiger partial charge is 0.497 e. The van der Waals surface area contributed by atoms with Crippen molar-refractivity contribution in [2.75, 3.05) is 19.0 Å². The zero-order valence-corrected chi connectivity index (χ0v) is 15.6. The number of thiazole rings is 1. The molecule has 1 heterocycles. The lowest BCUT2D eigenvalue weighted by Crippen LogP contribution is -2.19. The standard InChI is InChI=1S/C19H17ClN2O3S/c1-24-15-6-3-7-16(10-15)25-12-18(23)22-19-21-11-17(26-19)9-13-4-2-5-14(20)8-13/h2-8,10-11H,9,12H2,1H3,(H,21,22,23). The molecule has 0 unspecified atom stereocenters. The van der Waals surface area contributed by atoms with Crippen LogP contribution < -0.4 is 14.8 Å². The number of methoxy groups -OCH3 is 1. The summed E-state index contributed by atoms with van der Waals surface area (Å²) in [5, 5.41) is 3.99. The van der Waals surface area contributed by atoms with E-state index in [0.29, 0.717) is 28.1 Å². The molecule has 1 N–H and O–H groups in total. The van der Waals surface area contributed by atoms with Crippen LogP contribution >= 0.6 is 22.9 Å². The number of nitrogens with zero attached hydrogens (tertiary/aromatic N) is 1. The highest BCUT2D eigenvalue weighted by Gasteiger charge is 2.09. The maximum Gasteiger partial charge on any atom is 0.264 e. The van der Waals surface area contributed by atoms with Crippen LogP contribution in [0, 0.1) is 0 Å². The van der Waals surface area contributed by atoms with Crippen LogP contribution in [0.2, 0.25) is 5.02 Å². The summed E-state index contributed by atoms with van der Waals surface area (Å²) in [7, 11) is 1.58. The quantitative estimate of drug-likeness (QED) is 0.651. The molecule has 0 saturated carbocycles. The van der Waals surface area contributed by atoms with E-state index in [1.807, 2.05) is 30.3 Å². The molecule has 0 saturated heterocycles. The van der Waals surface area contributed by atoms with E-state index in [4.69, 9.17) is 21.1 Å². The molecule has 0 radical (unpaired) electrons. The van der Waals surface area contributed by atoms with Gasteiger partial charge in [0.25, 0.3) is 5.91 Å². The number of hydrogen-bond donors (Lipinski definition) is 1. The highest BCUT2D eigenvalue weighted by Crippen LogP contribution is 2.23. The third-order valence-corrected chi connectivity index (χ3v) is 4.63. The molecule has 1 aromatic heterocycles. The van der Waals surface area contributed by atoms with Gasteiger partial charge in [-0.1, -0.05) is 29.8 Å². The summed E-state index contributed by atoms with van der Waals surface area (Å²) in [6.07, 6.45) is 2.47. The zero-order valence-electron chi connectivity index (χ0n) is 14.1. The molecule has 0 aliphatic heterocycles. The average Bonchev–Trinajstić information content (AvgIpc) is 3.07. The van der Waals surface area contributed by atoms with E-state index in [0.717, 1.165) is 10.4 Å². The number of benzene rings is 2. The molecular formula is C19H17ClN2O3S. The van der Waals surface area contributed by atoms with Crippen molar-refractivity contribution in [2.24, 2.45) is 0 Å². The highest BCUT2D eigenvalue weighted by molar-refractivity contribution is 7.15. The van der Waals surface area contributed by atoms with Gasteiger partial charge in [0.1, 0.15) is 11.5 Å². The summed E-state index contributed by atoms with van der Waals surface area (Å²) >= 11 is 7.43. The van der Waals surface area contributed by atoms with E-state index in [9.17, 15) is 4.79 Å². The number of nitrogens with one attached hydrogen (secondary N) is 1. The normalized spacial score (nSPS) is 10.4. The Bertz CT molecular complexity index is 898. The van der Waals surface area contributed by atoms with Gasteiger partial charge in [-0.15, -0.1) is 11.3 Å². The average molecular weight is 389 g/mol. The van der Waals surface area contributed by atoms with Gasteiger partial charge in [-0.05, 0) is 29.8 Å². The maximum absolute atomic E-state index is 12.0. The summed E-state index contributed by atoms with van der Waals surface area (Å²) in [5.41, 5.74) is 1.10. The highest BCUT2D eigenvalue weighted by atomic mass is 35.5. The molecule has 0 aliphatic rings. The number of ether oxygens (including phenoxy) is 2. The van der Waals surface area contributed by atoms with Crippen LogP contribution in [0.15, 0.2) is 54.7 Å². The molecule has 0 bridgehead atoms. The van der Waals surface area contributed by atoms with Crippen molar-refractivity contribution in [3.63, 3.8) is 0 Å². The van der Waals surface area contributed by atoms with Crippen molar-refractivity contribution in [1.82, 2.24) is 4.98 Å². The number of anilines is 1. The maximum atomic E-state index is 12.0. The predicted octanol–water partition coefficient (Wildman–Crippen LogP) is 4.41. The van der Waals surface area contributed by atoms with Crippen LogP contribution in [0.3, 0.4) is 0 Å². The van der Waals surface area contributed by atoms with Crippen molar-refractivity contribution in [2.45, 2.75) is 6.42 Å². The molecular weight excluding hydrogens is 372 g/mol. The molecule has 0 aliphatic carbocycles. The van der Waals surface area contributed by atoms with Crippen LogP contribution in [-0.4, -0.2) is 24.6 Å². The van der Waals surface area contributed by atoms with E-state index in [2.05, 4.69) is 10.3 Å². The van der Waals surface area contributed by atoms with Crippen LogP contribution in [0.1, 0.15) is 10.4 Å². The monoisotopic (exact) mass is 388 g/mol. The van der Waals surface area contributed by atoms with Crippen molar-refractivity contribution < 1.29 is 14.3 Å². The van der Waals surface area contributed by atoms with Gasteiger partial charge in [0, 0.05) is 28.6 Å². The molecule has 3 rings (SSSR count). The van der Waals surface area contributed by atoms with Gasteiger partial charge >= 0.3 is 0 Å². The van der Waals surface area contributed by atoms with Crippen LogP contribution in [0.4, 0.5) is 5.13 Å². The van der Waals surface area contributed by atoms with E-state index in [1.165, 1.54) is 11.3 Å². The summed E-state index contributed by atoms with van der Waals surface area (Å²) in [5.74, 6) is 0.977. The van der Waals surface area contributed by atoms with Gasteiger partial charge in [0.15, 0.2) is 11.7 Å². The number of carbonyl (C=O) groups is 1. The Morgan fingerprint density at radius 2 is 2.00 bits per heavy atom. The van der Waals surface area contributed by atoms with E-state index in [1.54, 1.807) is 31.5 Å². The molecule has 7 heteroatoms. The first-order chi connectivity index (χ1) is 12.6. The van der Waals surface area contributed by atoms with Crippen molar-refractivity contribution in [3.8, 4) is 11.5 Å². The van der Waals surface area contributed by atoms with Crippen molar-refractivity contribution >= 4 is 34.0 Å². The first-order valence-electron chi connectivity index (χ1n) is 7.88. The fraction of sp³-hybridized carbons (Fsp3) is 0.158. The fourth-order valence-corrected chi connectivity index (χ4v) is 3.37. The van der Waals surface area contributed by atoms with Crippen LogP contribution in [0.25, 0.3) is 0 Å². The van der Waals surface area contributed by atoms with Crippen LogP contribution in [0.5, 0.6) is 11.5 Å². The Labute approximate surface area is 160 Å². The Hall–Kier alpha value is -2.57. The number of hydrogen-bond acceptors (Lipinski definition) is 5. The van der Waals surface area contributed by atoms with Gasteiger partial charge in [0.05, 0.1) is 7.11 Å². The van der Waals surface area contributed by atoms with E-state index >= 15 is 0 Å². The third-order valence-electron chi connectivity index (χ3n) is 3.48. The second kappa shape index (κ2) is 8.69. The molecule has 0 spiro atoms. The summed E-state index contributed by atoms with van der Waals surface area (Å²) < 4.78 is 10.6. The Morgan fingerprint density at radius 3 is 2.81 bits per heavy atom. The minimum Gasteiger partial charge on any atom is -0.497 e. The Balaban J connectivity index is 1.52. The smallest absolute Gasteiger partial charge is 0.264 e. The lowest BCUT2D eigenvalue weighted by molar-refractivity contribution is -0.118. The van der Waals surface area contributed by atoms with Gasteiger partial charge < -0.3 is 9.47 Å². The van der Waals surface area contributed by atoms with E-state index < -0.39 is 0 Å². The summed E-state index contributed by atoms with van der Waals surface area (Å²) in [6.45, 7) is -0.101. The topological polar surface area (TPSA) is 60.5 Å². The number of amides is 1. The minimum atomic E-state index is -0.267. The van der Waals surface area contributed by atoms with Gasteiger partial charge in [0.2, 0.25) is 0 Å². The third kappa shape index (κ3) is 5.21. The number of aromatic nitrogens is 1. The Morgan fingerprint density at radius 1 is 1.19 bits per heavy atom.